The highest BCUT2D eigenvalue weighted by atomic mass is 14.9. The van der Waals surface area contributed by atoms with Gasteiger partial charge in [-0.1, -0.05) is 78.1 Å². The largest absolute Gasteiger partial charge is 0.205 e. The molecule has 0 fully saturated rings. The molecular formula is C22H40N+. The van der Waals surface area contributed by atoms with E-state index in [1.807, 2.05) is 0 Å². The van der Waals surface area contributed by atoms with Gasteiger partial charge in [0, 0.05) is 18.6 Å². The van der Waals surface area contributed by atoms with Gasteiger partial charge in [-0.15, -0.1) is 0 Å². The van der Waals surface area contributed by atoms with Crippen LogP contribution in [0.3, 0.4) is 0 Å². The monoisotopic (exact) mass is 318 g/mol. The van der Waals surface area contributed by atoms with Crippen LogP contribution in [0.15, 0.2) is 24.5 Å². The SMILES string of the molecule is CCCCCCCCCC[n+]1ccc(CCCCCCC)cc1. The number of pyridine rings is 1. The predicted octanol–water partition coefficient (Wildman–Crippen LogP) is 6.63. The zero-order valence-corrected chi connectivity index (χ0v) is 15.9. The maximum Gasteiger partial charge on any atom is 0.169 e. The molecule has 0 saturated heterocycles. The minimum absolute atomic E-state index is 1.19. The van der Waals surface area contributed by atoms with Gasteiger partial charge in [0.25, 0.3) is 0 Å². The van der Waals surface area contributed by atoms with Crippen molar-refractivity contribution in [1.82, 2.24) is 0 Å². The lowest BCUT2D eigenvalue weighted by atomic mass is 10.1. The molecule has 0 saturated carbocycles. The second-order valence-electron chi connectivity index (χ2n) is 7.08. The first-order valence-electron chi connectivity index (χ1n) is 10.3. The van der Waals surface area contributed by atoms with E-state index in [9.17, 15) is 0 Å². The number of unbranched alkanes of at least 4 members (excludes halogenated alkanes) is 11. The molecule has 1 heterocycles. The molecule has 0 radical (unpaired) electrons. The molecule has 1 aromatic heterocycles. The van der Waals surface area contributed by atoms with Crippen molar-refractivity contribution in [2.75, 3.05) is 0 Å². The van der Waals surface area contributed by atoms with Crippen LogP contribution in [0.2, 0.25) is 0 Å². The van der Waals surface area contributed by atoms with E-state index in [-0.39, 0.29) is 0 Å². The molecule has 1 aromatic rings. The van der Waals surface area contributed by atoms with E-state index in [0.717, 1.165) is 0 Å². The molecule has 0 aliphatic carbocycles. The molecule has 1 nitrogen and oxygen atoms in total. The molecular weight excluding hydrogens is 278 g/mol. The van der Waals surface area contributed by atoms with Crippen LogP contribution in [0.1, 0.15) is 103 Å². The number of aryl methyl sites for hydroxylation is 2. The van der Waals surface area contributed by atoms with E-state index < -0.39 is 0 Å². The van der Waals surface area contributed by atoms with Gasteiger partial charge in [-0.3, -0.25) is 0 Å². The number of hydrogen-bond acceptors (Lipinski definition) is 0. The summed E-state index contributed by atoms with van der Waals surface area (Å²) in [5.41, 5.74) is 1.51. The maximum absolute atomic E-state index is 2.36. The number of aromatic nitrogens is 1. The highest BCUT2D eigenvalue weighted by molar-refractivity contribution is 5.07. The van der Waals surface area contributed by atoms with E-state index in [0.29, 0.717) is 0 Å². The molecule has 0 spiro atoms. The molecule has 0 aliphatic heterocycles. The smallest absolute Gasteiger partial charge is 0.169 e. The lowest BCUT2D eigenvalue weighted by molar-refractivity contribution is -0.697. The predicted molar refractivity (Wildman–Crippen MR) is 102 cm³/mol. The lowest BCUT2D eigenvalue weighted by Crippen LogP contribution is -2.32. The Labute approximate surface area is 145 Å². The molecule has 0 aliphatic rings. The first-order chi connectivity index (χ1) is 11.4. The van der Waals surface area contributed by atoms with Crippen LogP contribution < -0.4 is 4.57 Å². The molecule has 0 aromatic carbocycles. The van der Waals surface area contributed by atoms with Crippen molar-refractivity contribution in [2.45, 2.75) is 110 Å². The van der Waals surface area contributed by atoms with Gasteiger partial charge in [0.1, 0.15) is 6.54 Å². The van der Waals surface area contributed by atoms with Crippen LogP contribution >= 0.6 is 0 Å². The summed E-state index contributed by atoms with van der Waals surface area (Å²) in [4.78, 5) is 0. The molecule has 0 unspecified atom stereocenters. The molecule has 132 valence electrons. The molecule has 1 heteroatoms. The standard InChI is InChI=1S/C22H40N/c1-3-5-7-9-10-11-13-15-19-23-20-17-22(18-21-23)16-14-12-8-6-4-2/h17-18,20-21H,3-16,19H2,1-2H3/q+1. The third-order valence-electron chi connectivity index (χ3n) is 4.80. The highest BCUT2D eigenvalue weighted by Gasteiger charge is 2.01. The summed E-state index contributed by atoms with van der Waals surface area (Å²) >= 11 is 0. The Balaban J connectivity index is 2.03. The fraction of sp³-hybridized carbons (Fsp3) is 0.773. The van der Waals surface area contributed by atoms with Crippen molar-refractivity contribution < 1.29 is 4.57 Å². The van der Waals surface area contributed by atoms with Crippen molar-refractivity contribution >= 4 is 0 Å². The first kappa shape index (κ1) is 20.2. The zero-order valence-electron chi connectivity index (χ0n) is 15.9. The zero-order chi connectivity index (χ0) is 16.6. The summed E-state index contributed by atoms with van der Waals surface area (Å²) < 4.78 is 2.36. The van der Waals surface area contributed by atoms with Gasteiger partial charge in [-0.2, -0.15) is 0 Å². The van der Waals surface area contributed by atoms with Crippen molar-refractivity contribution in [3.63, 3.8) is 0 Å². The van der Waals surface area contributed by atoms with Gasteiger partial charge >= 0.3 is 0 Å². The molecule has 0 amide bonds. The number of rotatable bonds is 15. The van der Waals surface area contributed by atoms with Crippen LogP contribution in [-0.2, 0) is 13.0 Å². The van der Waals surface area contributed by atoms with Crippen molar-refractivity contribution in [3.8, 4) is 0 Å². The van der Waals surface area contributed by atoms with Crippen LogP contribution in [-0.4, -0.2) is 0 Å². The van der Waals surface area contributed by atoms with E-state index in [4.69, 9.17) is 0 Å². The average molecular weight is 319 g/mol. The molecule has 0 bridgehead atoms. The second-order valence-corrected chi connectivity index (χ2v) is 7.08. The Morgan fingerprint density at radius 1 is 0.609 bits per heavy atom. The topological polar surface area (TPSA) is 3.88 Å². The molecule has 0 N–H and O–H groups in total. The van der Waals surface area contributed by atoms with Gasteiger partial charge in [-0.05, 0) is 24.8 Å². The van der Waals surface area contributed by atoms with E-state index >= 15 is 0 Å². The maximum atomic E-state index is 2.36. The third-order valence-corrected chi connectivity index (χ3v) is 4.80. The van der Waals surface area contributed by atoms with Gasteiger partial charge in [-0.25, -0.2) is 4.57 Å². The summed E-state index contributed by atoms with van der Waals surface area (Å²) in [5.74, 6) is 0. The second kappa shape index (κ2) is 14.7. The number of hydrogen-bond donors (Lipinski definition) is 0. The Hall–Kier alpha value is -0.850. The Bertz CT molecular complexity index is 355. The summed E-state index contributed by atoms with van der Waals surface area (Å²) in [6.07, 6.45) is 23.9. The molecule has 0 atom stereocenters. The minimum atomic E-state index is 1.19. The van der Waals surface area contributed by atoms with Crippen LogP contribution in [0.4, 0.5) is 0 Å². The van der Waals surface area contributed by atoms with Gasteiger partial charge in [0.15, 0.2) is 12.4 Å². The van der Waals surface area contributed by atoms with E-state index in [1.54, 1.807) is 0 Å². The average Bonchev–Trinajstić information content (AvgIpc) is 2.58. The van der Waals surface area contributed by atoms with Crippen molar-refractivity contribution in [1.29, 1.82) is 0 Å². The van der Waals surface area contributed by atoms with Crippen LogP contribution in [0.5, 0.6) is 0 Å². The Morgan fingerprint density at radius 3 is 1.65 bits per heavy atom. The Morgan fingerprint density at radius 2 is 1.09 bits per heavy atom. The summed E-state index contributed by atoms with van der Waals surface area (Å²) in [6, 6.07) is 4.65. The van der Waals surface area contributed by atoms with E-state index in [2.05, 4.69) is 42.9 Å². The molecule has 23 heavy (non-hydrogen) atoms. The minimum Gasteiger partial charge on any atom is -0.205 e. The fourth-order valence-electron chi connectivity index (χ4n) is 3.16. The summed E-state index contributed by atoms with van der Waals surface area (Å²) in [5, 5.41) is 0. The Kier molecular flexibility index (Phi) is 12.9. The summed E-state index contributed by atoms with van der Waals surface area (Å²) in [6.45, 7) is 5.75. The lowest BCUT2D eigenvalue weighted by Gasteiger charge is -2.02. The fourth-order valence-corrected chi connectivity index (χ4v) is 3.16. The highest BCUT2D eigenvalue weighted by Crippen LogP contribution is 2.09. The normalized spacial score (nSPS) is 11.0. The van der Waals surface area contributed by atoms with Gasteiger partial charge in [0.2, 0.25) is 0 Å². The first-order valence-corrected chi connectivity index (χ1v) is 10.3. The quantitative estimate of drug-likeness (QED) is 0.252. The summed E-state index contributed by atoms with van der Waals surface area (Å²) in [7, 11) is 0. The van der Waals surface area contributed by atoms with Crippen LogP contribution in [0, 0.1) is 0 Å². The van der Waals surface area contributed by atoms with Crippen molar-refractivity contribution in [2.24, 2.45) is 0 Å². The third kappa shape index (κ3) is 11.3. The van der Waals surface area contributed by atoms with Crippen molar-refractivity contribution in [3.05, 3.63) is 30.1 Å². The van der Waals surface area contributed by atoms with E-state index in [1.165, 1.54) is 102 Å². The number of nitrogens with zero attached hydrogens (tertiary/aromatic N) is 1. The molecule has 1 rings (SSSR count). The van der Waals surface area contributed by atoms with Gasteiger partial charge < -0.3 is 0 Å². The van der Waals surface area contributed by atoms with Crippen LogP contribution in [0.25, 0.3) is 0 Å². The van der Waals surface area contributed by atoms with Gasteiger partial charge in [0.05, 0.1) is 0 Å².